The van der Waals surface area contributed by atoms with Gasteiger partial charge in [-0.2, -0.15) is 0 Å². The number of sulfonamides is 1. The van der Waals surface area contributed by atoms with Crippen LogP contribution in [0.5, 0.6) is 0 Å². The Morgan fingerprint density at radius 1 is 1.56 bits per heavy atom. The highest BCUT2D eigenvalue weighted by Gasteiger charge is 2.54. The molecule has 1 saturated carbocycles. The molecule has 0 radical (unpaired) electrons. The molecule has 6 heteroatoms. The van der Waals surface area contributed by atoms with E-state index < -0.39 is 20.7 Å². The molecular formula is C12H17NO4S. The van der Waals surface area contributed by atoms with Crippen molar-refractivity contribution in [2.75, 3.05) is 6.61 Å². The molecule has 0 atom stereocenters. The van der Waals surface area contributed by atoms with Gasteiger partial charge in [0.2, 0.25) is 10.0 Å². The molecule has 1 N–H and O–H groups in total. The quantitative estimate of drug-likeness (QED) is 0.763. The van der Waals surface area contributed by atoms with Crippen LogP contribution in [0.4, 0.5) is 0 Å². The first-order valence-electron chi connectivity index (χ1n) is 5.99. The van der Waals surface area contributed by atoms with Gasteiger partial charge in [0.25, 0.3) is 5.91 Å². The van der Waals surface area contributed by atoms with Gasteiger partial charge < -0.3 is 4.74 Å². The molecule has 0 bridgehead atoms. The van der Waals surface area contributed by atoms with Crippen LogP contribution >= 0.6 is 0 Å². The Bertz CT molecular complexity index is 488. The fourth-order valence-corrected chi connectivity index (χ4v) is 3.58. The Hall–Kier alpha value is -1.30. The van der Waals surface area contributed by atoms with Gasteiger partial charge in [-0.15, -0.1) is 6.58 Å². The van der Waals surface area contributed by atoms with Crippen molar-refractivity contribution in [2.45, 2.75) is 36.9 Å². The summed E-state index contributed by atoms with van der Waals surface area (Å²) in [5, 5.41) is 0. The van der Waals surface area contributed by atoms with Gasteiger partial charge in [0.05, 0.1) is 23.2 Å². The molecule has 0 saturated heterocycles. The maximum atomic E-state index is 12.1. The lowest BCUT2D eigenvalue weighted by Gasteiger charge is -2.17. The minimum atomic E-state index is -3.63. The van der Waals surface area contributed by atoms with E-state index in [0.29, 0.717) is 37.9 Å². The van der Waals surface area contributed by atoms with Gasteiger partial charge in [-0.3, -0.25) is 4.79 Å². The third-order valence-corrected chi connectivity index (χ3v) is 5.52. The van der Waals surface area contributed by atoms with Gasteiger partial charge in [-0.25, -0.2) is 13.1 Å². The number of ether oxygens (including phenoxy) is 1. The molecule has 0 unspecified atom stereocenters. The zero-order valence-electron chi connectivity index (χ0n) is 10.1. The summed E-state index contributed by atoms with van der Waals surface area (Å²) in [6.45, 7) is 4.13. The zero-order chi connectivity index (χ0) is 13.2. The predicted octanol–water partition coefficient (Wildman–Crippen LogP) is 1.24. The molecule has 0 aromatic carbocycles. The second-order valence-corrected chi connectivity index (χ2v) is 6.80. The van der Waals surface area contributed by atoms with Crippen LogP contribution in [-0.2, 0) is 19.6 Å². The third-order valence-electron chi connectivity index (χ3n) is 3.35. The molecule has 1 aliphatic heterocycles. The molecule has 1 aliphatic carbocycles. The van der Waals surface area contributed by atoms with E-state index in [1.807, 2.05) is 0 Å². The van der Waals surface area contributed by atoms with E-state index >= 15 is 0 Å². The molecule has 0 spiro atoms. The van der Waals surface area contributed by atoms with Crippen LogP contribution in [0.15, 0.2) is 24.5 Å². The fraction of sp³-hybridized carbons (Fsp3) is 0.583. The van der Waals surface area contributed by atoms with Crippen molar-refractivity contribution in [1.29, 1.82) is 0 Å². The summed E-state index contributed by atoms with van der Waals surface area (Å²) in [4.78, 5) is 11.8. The highest BCUT2D eigenvalue weighted by molar-refractivity contribution is 7.91. The van der Waals surface area contributed by atoms with Crippen LogP contribution in [0.25, 0.3) is 0 Å². The van der Waals surface area contributed by atoms with Crippen molar-refractivity contribution < 1.29 is 17.9 Å². The SMILES string of the molecule is C=CCC1(S(=O)(=O)NC(=O)C2=COCCC2)CC1. The van der Waals surface area contributed by atoms with Crippen LogP contribution in [0.2, 0.25) is 0 Å². The fourth-order valence-electron chi connectivity index (χ4n) is 2.01. The number of amides is 1. The topological polar surface area (TPSA) is 72.5 Å². The standard InChI is InChI=1S/C12H17NO4S/c1-2-5-12(6-7-12)18(15,16)13-11(14)10-4-3-8-17-9-10/h2,9H,1,3-8H2,(H,13,14). The van der Waals surface area contributed by atoms with Crippen molar-refractivity contribution in [2.24, 2.45) is 0 Å². The van der Waals surface area contributed by atoms with Gasteiger partial charge in [0.15, 0.2) is 0 Å². The number of carbonyl (C=O) groups is 1. The first-order chi connectivity index (χ1) is 8.51. The molecule has 1 amide bonds. The summed E-state index contributed by atoms with van der Waals surface area (Å²) in [5.41, 5.74) is 0.388. The van der Waals surface area contributed by atoms with E-state index in [2.05, 4.69) is 11.3 Å². The molecule has 0 aromatic heterocycles. The molecule has 1 fully saturated rings. The average molecular weight is 271 g/mol. The van der Waals surface area contributed by atoms with Crippen LogP contribution in [0, 0.1) is 0 Å². The maximum absolute atomic E-state index is 12.1. The summed E-state index contributed by atoms with van der Waals surface area (Å²) in [7, 11) is -3.63. The van der Waals surface area contributed by atoms with Crippen molar-refractivity contribution in [3.05, 3.63) is 24.5 Å². The van der Waals surface area contributed by atoms with Crippen LogP contribution < -0.4 is 4.72 Å². The largest absolute Gasteiger partial charge is 0.501 e. The summed E-state index contributed by atoms with van der Waals surface area (Å²) < 4.78 is 30.6. The predicted molar refractivity (Wildman–Crippen MR) is 67.1 cm³/mol. The van der Waals surface area contributed by atoms with Gasteiger partial charge >= 0.3 is 0 Å². The summed E-state index contributed by atoms with van der Waals surface area (Å²) in [6.07, 6.45) is 5.76. The molecule has 0 aromatic rings. The van der Waals surface area contributed by atoms with Crippen molar-refractivity contribution in [3.63, 3.8) is 0 Å². The number of nitrogens with one attached hydrogen (secondary N) is 1. The number of hydrogen-bond acceptors (Lipinski definition) is 4. The number of rotatable bonds is 5. The van der Waals surface area contributed by atoms with E-state index in [1.54, 1.807) is 6.08 Å². The van der Waals surface area contributed by atoms with E-state index in [1.165, 1.54) is 6.26 Å². The van der Waals surface area contributed by atoms with Gasteiger partial charge in [0, 0.05) is 0 Å². The summed E-state index contributed by atoms with van der Waals surface area (Å²) in [5.74, 6) is -0.565. The minimum Gasteiger partial charge on any atom is -0.501 e. The zero-order valence-corrected chi connectivity index (χ0v) is 11.0. The molecule has 18 heavy (non-hydrogen) atoms. The van der Waals surface area contributed by atoms with Gasteiger partial charge in [0.1, 0.15) is 0 Å². The molecule has 100 valence electrons. The Balaban J connectivity index is 2.07. The Kier molecular flexibility index (Phi) is 3.47. The molecule has 1 heterocycles. The Morgan fingerprint density at radius 2 is 2.28 bits per heavy atom. The summed E-state index contributed by atoms with van der Waals surface area (Å²) in [6, 6.07) is 0. The van der Waals surface area contributed by atoms with E-state index in [-0.39, 0.29) is 0 Å². The van der Waals surface area contributed by atoms with E-state index in [9.17, 15) is 13.2 Å². The van der Waals surface area contributed by atoms with E-state index in [0.717, 1.165) is 6.42 Å². The highest BCUT2D eigenvalue weighted by Crippen LogP contribution is 2.46. The lowest BCUT2D eigenvalue weighted by molar-refractivity contribution is -0.116. The smallest absolute Gasteiger partial charge is 0.263 e. The molecule has 2 rings (SSSR count). The van der Waals surface area contributed by atoms with Gasteiger partial charge in [-0.05, 0) is 32.1 Å². The normalized spacial score (nSPS) is 21.4. The lowest BCUT2D eigenvalue weighted by Crippen LogP contribution is -2.40. The third kappa shape index (κ3) is 2.43. The second-order valence-electron chi connectivity index (χ2n) is 4.73. The molecule has 5 nitrogen and oxygen atoms in total. The monoisotopic (exact) mass is 271 g/mol. The van der Waals surface area contributed by atoms with E-state index in [4.69, 9.17) is 4.74 Å². The second kappa shape index (κ2) is 4.76. The first-order valence-corrected chi connectivity index (χ1v) is 7.47. The minimum absolute atomic E-state index is 0.380. The van der Waals surface area contributed by atoms with Crippen LogP contribution in [0.3, 0.4) is 0 Å². The number of hydrogen-bond donors (Lipinski definition) is 1. The Morgan fingerprint density at radius 3 is 2.78 bits per heavy atom. The average Bonchev–Trinajstić information content (AvgIpc) is 3.12. The van der Waals surface area contributed by atoms with Crippen molar-refractivity contribution in [3.8, 4) is 0 Å². The van der Waals surface area contributed by atoms with Crippen molar-refractivity contribution >= 4 is 15.9 Å². The van der Waals surface area contributed by atoms with Crippen LogP contribution in [-0.4, -0.2) is 25.7 Å². The lowest BCUT2D eigenvalue weighted by atomic mass is 10.1. The Labute approximate surface area is 107 Å². The van der Waals surface area contributed by atoms with Crippen molar-refractivity contribution in [1.82, 2.24) is 4.72 Å². The van der Waals surface area contributed by atoms with Gasteiger partial charge in [-0.1, -0.05) is 6.08 Å². The maximum Gasteiger partial charge on any atom is 0.263 e. The number of carbonyl (C=O) groups excluding carboxylic acids is 1. The summed E-state index contributed by atoms with van der Waals surface area (Å²) >= 11 is 0. The number of allylic oxidation sites excluding steroid dienone is 1. The molecular weight excluding hydrogens is 254 g/mol. The molecule has 2 aliphatic rings. The van der Waals surface area contributed by atoms with Crippen LogP contribution in [0.1, 0.15) is 32.1 Å². The first kappa shape index (κ1) is 13.1. The highest BCUT2D eigenvalue weighted by atomic mass is 32.2.